The van der Waals surface area contributed by atoms with Gasteiger partial charge < -0.3 is 10.1 Å². The number of hydrogen-bond acceptors (Lipinski definition) is 5. The van der Waals surface area contributed by atoms with Crippen LogP contribution in [0.1, 0.15) is 18.9 Å². The maximum atomic E-state index is 5.33. The lowest BCUT2D eigenvalue weighted by atomic mass is 10.1. The summed E-state index contributed by atoms with van der Waals surface area (Å²) in [6, 6.07) is 10.3. The van der Waals surface area contributed by atoms with E-state index in [1.807, 2.05) is 32.2 Å². The van der Waals surface area contributed by atoms with Gasteiger partial charge in [0, 0.05) is 25.1 Å². The van der Waals surface area contributed by atoms with Crippen molar-refractivity contribution >= 4 is 27.4 Å². The monoisotopic (exact) mass is 299 g/mol. The predicted molar refractivity (Wildman–Crippen MR) is 87.8 cm³/mol. The molecule has 5 heteroatoms. The smallest absolute Gasteiger partial charge is 0.160 e. The Bertz CT molecular complexity index is 755. The van der Waals surface area contributed by atoms with Gasteiger partial charge in [-0.25, -0.2) is 9.97 Å². The van der Waals surface area contributed by atoms with Crippen LogP contribution < -0.4 is 5.32 Å². The van der Waals surface area contributed by atoms with Crippen molar-refractivity contribution in [3.63, 3.8) is 0 Å². The Morgan fingerprint density at radius 2 is 1.95 bits per heavy atom. The summed E-state index contributed by atoms with van der Waals surface area (Å²) < 4.78 is 5.33. The number of benzene rings is 1. The van der Waals surface area contributed by atoms with E-state index in [0.717, 1.165) is 21.6 Å². The van der Waals surface area contributed by atoms with Crippen molar-refractivity contribution in [2.75, 3.05) is 19.5 Å². The van der Waals surface area contributed by atoms with E-state index in [4.69, 9.17) is 4.74 Å². The van der Waals surface area contributed by atoms with Crippen LogP contribution in [0.25, 0.3) is 21.3 Å². The van der Waals surface area contributed by atoms with E-state index in [1.165, 1.54) is 5.56 Å². The average molecular weight is 299 g/mol. The lowest BCUT2D eigenvalue weighted by Crippen LogP contribution is -2.05. The van der Waals surface area contributed by atoms with Crippen molar-refractivity contribution in [1.82, 2.24) is 9.97 Å². The Kier molecular flexibility index (Phi) is 3.86. The van der Waals surface area contributed by atoms with Crippen molar-refractivity contribution in [3.8, 4) is 11.1 Å². The highest BCUT2D eigenvalue weighted by atomic mass is 32.1. The predicted octanol–water partition coefficient (Wildman–Crippen LogP) is 4.11. The summed E-state index contributed by atoms with van der Waals surface area (Å²) in [4.78, 5) is 10.2. The largest absolute Gasteiger partial charge is 0.374 e. The summed E-state index contributed by atoms with van der Waals surface area (Å²) in [6.45, 7) is 1.95. The molecule has 3 rings (SSSR count). The molecule has 0 aliphatic rings. The zero-order valence-electron chi connectivity index (χ0n) is 12.3. The normalized spacial score (nSPS) is 12.5. The molecule has 1 atom stereocenters. The summed E-state index contributed by atoms with van der Waals surface area (Å²) in [5, 5.41) is 6.39. The standard InChI is InChI=1S/C16H17N3OS/c1-10(20-3)14-18-15(17-2)13-12(9-21-16(13)19-14)11-7-5-4-6-8-11/h4-10H,1-3H3,(H,17,18,19). The van der Waals surface area contributed by atoms with E-state index in [1.54, 1.807) is 18.4 Å². The van der Waals surface area contributed by atoms with Gasteiger partial charge in [0.05, 0.1) is 5.39 Å². The molecule has 3 aromatic rings. The van der Waals surface area contributed by atoms with Gasteiger partial charge in [0.2, 0.25) is 0 Å². The van der Waals surface area contributed by atoms with Gasteiger partial charge >= 0.3 is 0 Å². The molecule has 0 amide bonds. The van der Waals surface area contributed by atoms with Gasteiger partial charge in [-0.3, -0.25) is 0 Å². The minimum absolute atomic E-state index is 0.122. The third kappa shape index (κ3) is 2.50. The van der Waals surface area contributed by atoms with Crippen LogP contribution in [-0.2, 0) is 4.74 Å². The van der Waals surface area contributed by atoms with E-state index in [9.17, 15) is 0 Å². The van der Waals surface area contributed by atoms with Gasteiger partial charge in [-0.1, -0.05) is 30.3 Å². The molecular weight excluding hydrogens is 282 g/mol. The molecule has 0 saturated carbocycles. The summed E-state index contributed by atoms with van der Waals surface area (Å²) in [7, 11) is 3.55. The Hall–Kier alpha value is -1.98. The first-order valence-electron chi connectivity index (χ1n) is 6.79. The van der Waals surface area contributed by atoms with E-state index in [0.29, 0.717) is 5.82 Å². The van der Waals surface area contributed by atoms with Gasteiger partial charge in [0.25, 0.3) is 0 Å². The Labute approximate surface area is 127 Å². The zero-order chi connectivity index (χ0) is 14.8. The summed E-state index contributed by atoms with van der Waals surface area (Å²) >= 11 is 1.63. The first-order chi connectivity index (χ1) is 10.2. The number of anilines is 1. The number of ether oxygens (including phenoxy) is 1. The van der Waals surface area contributed by atoms with Gasteiger partial charge in [-0.05, 0) is 12.5 Å². The zero-order valence-corrected chi connectivity index (χ0v) is 13.1. The molecule has 1 aromatic carbocycles. The fraction of sp³-hybridized carbons (Fsp3) is 0.250. The van der Waals surface area contributed by atoms with E-state index >= 15 is 0 Å². The van der Waals surface area contributed by atoms with E-state index in [-0.39, 0.29) is 6.10 Å². The molecule has 0 aliphatic carbocycles. The summed E-state index contributed by atoms with van der Waals surface area (Å²) in [5.41, 5.74) is 2.34. The van der Waals surface area contributed by atoms with Crippen LogP contribution in [0.15, 0.2) is 35.7 Å². The maximum Gasteiger partial charge on any atom is 0.160 e. The van der Waals surface area contributed by atoms with Gasteiger partial charge in [0.1, 0.15) is 16.8 Å². The highest BCUT2D eigenvalue weighted by Gasteiger charge is 2.17. The molecule has 0 aliphatic heterocycles. The molecule has 0 bridgehead atoms. The van der Waals surface area contributed by atoms with Crippen LogP contribution in [-0.4, -0.2) is 24.1 Å². The Morgan fingerprint density at radius 1 is 1.19 bits per heavy atom. The number of fused-ring (bicyclic) bond motifs is 1. The Balaban J connectivity index is 2.22. The number of aromatic nitrogens is 2. The molecule has 1 unspecified atom stereocenters. The number of rotatable bonds is 4. The van der Waals surface area contributed by atoms with Crippen LogP contribution >= 0.6 is 11.3 Å². The molecule has 0 fully saturated rings. The molecule has 0 radical (unpaired) electrons. The van der Waals surface area contributed by atoms with Gasteiger partial charge in [-0.15, -0.1) is 11.3 Å². The fourth-order valence-corrected chi connectivity index (χ4v) is 3.21. The lowest BCUT2D eigenvalue weighted by molar-refractivity contribution is 0.112. The minimum atomic E-state index is -0.122. The second-order valence-corrected chi connectivity index (χ2v) is 5.61. The van der Waals surface area contributed by atoms with Crippen LogP contribution in [0, 0.1) is 0 Å². The third-order valence-electron chi connectivity index (χ3n) is 3.49. The SMILES string of the molecule is CNc1nc(C(C)OC)nc2scc(-c3ccccc3)c12. The topological polar surface area (TPSA) is 47.0 Å². The van der Waals surface area contributed by atoms with Crippen molar-refractivity contribution in [2.45, 2.75) is 13.0 Å². The lowest BCUT2D eigenvalue weighted by Gasteiger charge is -2.11. The van der Waals surface area contributed by atoms with Crippen molar-refractivity contribution < 1.29 is 4.74 Å². The van der Waals surface area contributed by atoms with Gasteiger partial charge in [0.15, 0.2) is 5.82 Å². The Morgan fingerprint density at radius 3 is 2.62 bits per heavy atom. The molecule has 108 valence electrons. The molecule has 1 N–H and O–H groups in total. The van der Waals surface area contributed by atoms with Crippen LogP contribution in [0.2, 0.25) is 0 Å². The van der Waals surface area contributed by atoms with E-state index < -0.39 is 0 Å². The van der Waals surface area contributed by atoms with Crippen molar-refractivity contribution in [2.24, 2.45) is 0 Å². The molecule has 0 saturated heterocycles. The van der Waals surface area contributed by atoms with Crippen LogP contribution in [0.3, 0.4) is 0 Å². The number of nitrogens with one attached hydrogen (secondary N) is 1. The number of thiophene rings is 1. The van der Waals surface area contributed by atoms with Crippen LogP contribution in [0.5, 0.6) is 0 Å². The van der Waals surface area contributed by atoms with E-state index in [2.05, 4.69) is 32.8 Å². The second-order valence-electron chi connectivity index (χ2n) is 4.75. The second kappa shape index (κ2) is 5.79. The molecule has 0 spiro atoms. The number of hydrogen-bond donors (Lipinski definition) is 1. The van der Waals surface area contributed by atoms with Crippen molar-refractivity contribution in [3.05, 3.63) is 41.5 Å². The highest BCUT2D eigenvalue weighted by Crippen LogP contribution is 2.37. The highest BCUT2D eigenvalue weighted by molar-refractivity contribution is 7.17. The molecule has 4 nitrogen and oxygen atoms in total. The molecular formula is C16H17N3OS. The summed E-state index contributed by atoms with van der Waals surface area (Å²) in [5.74, 6) is 1.55. The number of nitrogens with zero attached hydrogens (tertiary/aromatic N) is 2. The average Bonchev–Trinajstić information content (AvgIpc) is 2.98. The molecule has 21 heavy (non-hydrogen) atoms. The molecule has 2 aromatic heterocycles. The summed E-state index contributed by atoms with van der Waals surface area (Å²) in [6.07, 6.45) is -0.122. The quantitative estimate of drug-likeness (QED) is 0.787. The number of methoxy groups -OCH3 is 1. The molecule has 2 heterocycles. The van der Waals surface area contributed by atoms with Gasteiger partial charge in [-0.2, -0.15) is 0 Å². The first kappa shape index (κ1) is 14.0. The maximum absolute atomic E-state index is 5.33. The third-order valence-corrected chi connectivity index (χ3v) is 4.36. The fourth-order valence-electron chi connectivity index (χ4n) is 2.26. The van der Waals surface area contributed by atoms with Crippen molar-refractivity contribution in [1.29, 1.82) is 0 Å². The minimum Gasteiger partial charge on any atom is -0.374 e. The van der Waals surface area contributed by atoms with Crippen LogP contribution in [0.4, 0.5) is 5.82 Å². The first-order valence-corrected chi connectivity index (χ1v) is 7.67.